The number of pyridine rings is 1. The third-order valence-corrected chi connectivity index (χ3v) is 4.31. The molecule has 30 heavy (non-hydrogen) atoms. The van der Waals surface area contributed by atoms with Crippen LogP contribution in [-0.2, 0) is 0 Å². The number of rotatable bonds is 1. The van der Waals surface area contributed by atoms with Gasteiger partial charge in [0, 0.05) is 28.4 Å². The van der Waals surface area contributed by atoms with Crippen molar-refractivity contribution >= 4 is 28.3 Å². The monoisotopic (exact) mass is 406 g/mol. The Bertz CT molecular complexity index is 1240. The number of hydrogen-bond donors (Lipinski definition) is 2. The second kappa shape index (κ2) is 10.1. The molecule has 4 rings (SSSR count). The Balaban J connectivity index is 0.000000207. The van der Waals surface area contributed by atoms with E-state index in [0.717, 1.165) is 16.8 Å². The lowest BCUT2D eigenvalue weighted by atomic mass is 10.0. The molecule has 3 radical (unpaired) electrons. The summed E-state index contributed by atoms with van der Waals surface area (Å²) in [6.45, 7) is 1.85. The summed E-state index contributed by atoms with van der Waals surface area (Å²) in [4.78, 5) is 4.18. The Morgan fingerprint density at radius 3 is 1.90 bits per heavy atom. The van der Waals surface area contributed by atoms with E-state index >= 15 is 0 Å². The predicted molar refractivity (Wildman–Crippen MR) is 117 cm³/mol. The Morgan fingerprint density at radius 2 is 1.33 bits per heavy atom. The van der Waals surface area contributed by atoms with Crippen LogP contribution < -0.4 is 0 Å². The van der Waals surface area contributed by atoms with E-state index in [-0.39, 0.29) is 28.9 Å². The molecule has 4 aromatic rings. The molecule has 0 aliphatic rings. The van der Waals surface area contributed by atoms with E-state index in [1.54, 1.807) is 36.4 Å². The van der Waals surface area contributed by atoms with Gasteiger partial charge in [-0.3, -0.25) is 0 Å². The molecule has 0 fully saturated rings. The molecule has 0 bridgehead atoms. The first-order valence-electron chi connectivity index (χ1n) is 8.81. The minimum atomic E-state index is 0. The summed E-state index contributed by atoms with van der Waals surface area (Å²) in [6.07, 6.45) is 0. The number of aromatic hydroxyl groups is 2. The number of phenolic OH excluding ortho intramolecular Hbond substituents is 2. The summed E-state index contributed by atoms with van der Waals surface area (Å²) in [7, 11) is 0. The van der Waals surface area contributed by atoms with Gasteiger partial charge >= 0.3 is 0 Å². The quantitative estimate of drug-likeness (QED) is 0.447. The molecular formula is C24H17AlN3O2. The van der Waals surface area contributed by atoms with Gasteiger partial charge in [-0.05, 0) is 66.6 Å². The Hall–Kier alpha value is -3.82. The van der Waals surface area contributed by atoms with Crippen molar-refractivity contribution in [3.63, 3.8) is 0 Å². The van der Waals surface area contributed by atoms with E-state index < -0.39 is 0 Å². The van der Waals surface area contributed by atoms with Crippen molar-refractivity contribution in [2.24, 2.45) is 0 Å². The molecule has 143 valence electrons. The highest BCUT2D eigenvalue weighted by Crippen LogP contribution is 2.25. The van der Waals surface area contributed by atoms with Gasteiger partial charge in [0.15, 0.2) is 0 Å². The van der Waals surface area contributed by atoms with Gasteiger partial charge in [0.05, 0.1) is 23.3 Å². The number of nitrogens with zero attached hydrogens (tertiary/aromatic N) is 3. The molecule has 0 atom stereocenters. The molecular weight excluding hydrogens is 389 g/mol. The zero-order valence-electron chi connectivity index (χ0n) is 16.2. The van der Waals surface area contributed by atoms with Crippen LogP contribution in [0.15, 0.2) is 72.8 Å². The van der Waals surface area contributed by atoms with Gasteiger partial charge in [0.1, 0.15) is 17.0 Å². The SMILES string of the molecule is Cc1ccc2c(C#N)ccc(O)c2n1.N#Cc1ccc(-c2ccc(O)cc2)cc1.[Al]. The predicted octanol–water partition coefficient (Wildman–Crippen LogP) is 4.67. The second-order valence-electron chi connectivity index (χ2n) is 6.33. The van der Waals surface area contributed by atoms with Gasteiger partial charge in [-0.15, -0.1) is 0 Å². The summed E-state index contributed by atoms with van der Waals surface area (Å²) in [5.41, 5.74) is 4.56. The molecule has 1 aromatic heterocycles. The molecule has 0 unspecified atom stereocenters. The molecule has 0 saturated heterocycles. The first kappa shape index (κ1) is 22.5. The fourth-order valence-corrected chi connectivity index (χ4v) is 2.79. The first-order chi connectivity index (χ1) is 14.0. The topological polar surface area (TPSA) is 101 Å². The lowest BCUT2D eigenvalue weighted by molar-refractivity contribution is 0.475. The molecule has 5 nitrogen and oxygen atoms in total. The Labute approximate surface area is 185 Å². The molecule has 0 amide bonds. The molecule has 0 aliphatic heterocycles. The summed E-state index contributed by atoms with van der Waals surface area (Å²) in [5, 5.41) is 36.9. The number of benzene rings is 3. The van der Waals surface area contributed by atoms with Crippen molar-refractivity contribution in [2.75, 3.05) is 0 Å². The number of hydrogen-bond acceptors (Lipinski definition) is 5. The summed E-state index contributed by atoms with van der Waals surface area (Å²) >= 11 is 0. The maximum absolute atomic E-state index is 9.54. The van der Waals surface area contributed by atoms with E-state index in [2.05, 4.69) is 17.1 Å². The van der Waals surface area contributed by atoms with Crippen molar-refractivity contribution in [1.29, 1.82) is 10.5 Å². The minimum absolute atomic E-state index is 0. The van der Waals surface area contributed by atoms with Crippen LogP contribution >= 0.6 is 0 Å². The van der Waals surface area contributed by atoms with E-state index in [1.807, 2.05) is 37.3 Å². The van der Waals surface area contributed by atoms with Crippen molar-refractivity contribution in [1.82, 2.24) is 4.98 Å². The smallest absolute Gasteiger partial charge is 0.141 e. The average molecular weight is 406 g/mol. The Morgan fingerprint density at radius 1 is 0.733 bits per heavy atom. The highest BCUT2D eigenvalue weighted by atomic mass is 27.0. The Kier molecular flexibility index (Phi) is 7.57. The number of phenols is 2. The number of fused-ring (bicyclic) bond motifs is 1. The van der Waals surface area contributed by atoms with Crippen LogP contribution in [0.2, 0.25) is 0 Å². The van der Waals surface area contributed by atoms with E-state index in [0.29, 0.717) is 22.0 Å². The minimum Gasteiger partial charge on any atom is -0.508 e. The summed E-state index contributed by atoms with van der Waals surface area (Å²) < 4.78 is 0. The van der Waals surface area contributed by atoms with Gasteiger partial charge in [-0.1, -0.05) is 24.3 Å². The van der Waals surface area contributed by atoms with E-state index in [1.165, 1.54) is 6.07 Å². The van der Waals surface area contributed by atoms with Crippen LogP contribution in [0.4, 0.5) is 0 Å². The zero-order valence-corrected chi connectivity index (χ0v) is 17.4. The third-order valence-electron chi connectivity index (χ3n) is 4.31. The highest BCUT2D eigenvalue weighted by Gasteiger charge is 2.05. The molecule has 1 heterocycles. The van der Waals surface area contributed by atoms with Crippen LogP contribution in [-0.4, -0.2) is 32.6 Å². The lowest BCUT2D eigenvalue weighted by Crippen LogP contribution is -1.86. The van der Waals surface area contributed by atoms with Gasteiger partial charge < -0.3 is 10.2 Å². The number of nitriles is 2. The molecule has 6 heteroatoms. The summed E-state index contributed by atoms with van der Waals surface area (Å²) in [5.74, 6) is 0.370. The van der Waals surface area contributed by atoms with Gasteiger partial charge in [-0.2, -0.15) is 10.5 Å². The van der Waals surface area contributed by atoms with Crippen LogP contribution in [0, 0.1) is 29.6 Å². The van der Waals surface area contributed by atoms with Crippen molar-refractivity contribution in [3.8, 4) is 34.8 Å². The number of aryl methyl sites for hydroxylation is 1. The molecule has 0 saturated carbocycles. The fourth-order valence-electron chi connectivity index (χ4n) is 2.79. The maximum Gasteiger partial charge on any atom is 0.141 e. The van der Waals surface area contributed by atoms with Crippen molar-refractivity contribution < 1.29 is 10.2 Å². The average Bonchev–Trinajstić information content (AvgIpc) is 2.75. The molecule has 0 aliphatic carbocycles. The summed E-state index contributed by atoms with van der Waals surface area (Å²) in [6, 6.07) is 25.2. The third kappa shape index (κ3) is 5.16. The van der Waals surface area contributed by atoms with Crippen molar-refractivity contribution in [3.05, 3.63) is 89.6 Å². The fraction of sp³-hybridized carbons (Fsp3) is 0.0417. The number of aromatic nitrogens is 1. The standard InChI is InChI=1S/C13H9NO.C11H8N2O.Al/c14-9-10-1-3-11(4-2-10)12-5-7-13(15)8-6-12;1-7-2-4-9-8(6-12)3-5-10(14)11(9)13-7;/h1-8,15H;2-5,14H,1H3;. The zero-order chi connectivity index (χ0) is 20.8. The molecule has 2 N–H and O–H groups in total. The van der Waals surface area contributed by atoms with Crippen LogP contribution in [0.25, 0.3) is 22.0 Å². The van der Waals surface area contributed by atoms with Gasteiger partial charge in [0.25, 0.3) is 0 Å². The normalized spacial score (nSPS) is 9.43. The van der Waals surface area contributed by atoms with Crippen LogP contribution in [0.3, 0.4) is 0 Å². The lowest BCUT2D eigenvalue weighted by Gasteiger charge is -2.02. The van der Waals surface area contributed by atoms with Crippen LogP contribution in [0.5, 0.6) is 11.5 Å². The van der Waals surface area contributed by atoms with Crippen LogP contribution in [0.1, 0.15) is 16.8 Å². The van der Waals surface area contributed by atoms with E-state index in [9.17, 15) is 5.11 Å². The molecule has 3 aromatic carbocycles. The van der Waals surface area contributed by atoms with Gasteiger partial charge in [0.2, 0.25) is 0 Å². The molecule has 0 spiro atoms. The second-order valence-corrected chi connectivity index (χ2v) is 6.33. The maximum atomic E-state index is 9.54. The highest BCUT2D eigenvalue weighted by molar-refractivity contribution is 5.89. The van der Waals surface area contributed by atoms with Gasteiger partial charge in [-0.25, -0.2) is 4.98 Å². The van der Waals surface area contributed by atoms with Crippen molar-refractivity contribution in [2.45, 2.75) is 6.92 Å². The first-order valence-corrected chi connectivity index (χ1v) is 8.81. The largest absolute Gasteiger partial charge is 0.508 e. The van der Waals surface area contributed by atoms with E-state index in [4.69, 9.17) is 15.6 Å².